The molecule has 2 fully saturated rings. The van der Waals surface area contributed by atoms with Crippen molar-refractivity contribution in [2.75, 3.05) is 13.1 Å². The predicted octanol–water partition coefficient (Wildman–Crippen LogP) is 2.68. The summed E-state index contributed by atoms with van der Waals surface area (Å²) < 4.78 is 0. The van der Waals surface area contributed by atoms with Gasteiger partial charge in [0, 0.05) is 43.0 Å². The van der Waals surface area contributed by atoms with Crippen LogP contribution in [0.5, 0.6) is 0 Å². The number of piperidine rings is 1. The molecule has 1 N–H and O–H groups in total. The summed E-state index contributed by atoms with van der Waals surface area (Å²) in [6, 6.07) is 2.04. The molecule has 3 heterocycles. The molecule has 2 aromatic rings. The van der Waals surface area contributed by atoms with Crippen molar-refractivity contribution >= 4 is 5.91 Å². The largest absolute Gasteiger partial charge is 0.343 e. The Balaban J connectivity index is 1.46. The molecule has 1 amide bonds. The zero-order valence-corrected chi connectivity index (χ0v) is 14.0. The van der Waals surface area contributed by atoms with Gasteiger partial charge in [0.25, 0.3) is 0 Å². The van der Waals surface area contributed by atoms with Crippen molar-refractivity contribution in [3.05, 3.63) is 30.0 Å². The summed E-state index contributed by atoms with van der Waals surface area (Å²) in [5, 5.41) is 0. The maximum absolute atomic E-state index is 12.4. The van der Waals surface area contributed by atoms with Crippen LogP contribution < -0.4 is 0 Å². The minimum absolute atomic E-state index is 0.299. The average Bonchev–Trinajstić information content (AvgIpc) is 3.07. The maximum Gasteiger partial charge on any atom is 0.225 e. The SMILES string of the molecule is Cc1nc(-c2ncc[nH]2)cc(C2CCN(C(=O)C3CCC3)CC2)n1. The first-order valence-corrected chi connectivity index (χ1v) is 8.85. The Hall–Kier alpha value is -2.24. The van der Waals surface area contributed by atoms with Gasteiger partial charge in [-0.05, 0) is 38.7 Å². The van der Waals surface area contributed by atoms with Gasteiger partial charge >= 0.3 is 0 Å². The third kappa shape index (κ3) is 2.92. The fourth-order valence-electron chi connectivity index (χ4n) is 3.64. The van der Waals surface area contributed by atoms with E-state index < -0.39 is 0 Å². The first kappa shape index (κ1) is 15.3. The lowest BCUT2D eigenvalue weighted by Crippen LogP contribution is -2.43. The Kier molecular flexibility index (Phi) is 4.04. The van der Waals surface area contributed by atoms with Crippen molar-refractivity contribution in [2.24, 2.45) is 5.92 Å². The molecule has 6 heteroatoms. The topological polar surface area (TPSA) is 74.8 Å². The number of nitrogens with one attached hydrogen (secondary N) is 1. The Labute approximate surface area is 141 Å². The highest BCUT2D eigenvalue weighted by Gasteiger charge is 2.32. The Morgan fingerprint density at radius 1 is 1.21 bits per heavy atom. The number of hydrogen-bond acceptors (Lipinski definition) is 4. The van der Waals surface area contributed by atoms with Crippen LogP contribution in [0.15, 0.2) is 18.5 Å². The van der Waals surface area contributed by atoms with Crippen molar-refractivity contribution in [2.45, 2.75) is 44.9 Å². The molecule has 2 aliphatic rings. The van der Waals surface area contributed by atoms with Crippen molar-refractivity contribution in [3.8, 4) is 11.5 Å². The molecule has 0 radical (unpaired) electrons. The minimum atomic E-state index is 0.299. The second-order valence-corrected chi connectivity index (χ2v) is 6.89. The van der Waals surface area contributed by atoms with Crippen LogP contribution in [0.25, 0.3) is 11.5 Å². The number of H-pyrrole nitrogens is 1. The molecule has 0 aromatic carbocycles. The molecule has 1 saturated heterocycles. The molecule has 4 rings (SSSR count). The van der Waals surface area contributed by atoms with E-state index in [4.69, 9.17) is 0 Å². The minimum Gasteiger partial charge on any atom is -0.343 e. The maximum atomic E-state index is 12.4. The predicted molar refractivity (Wildman–Crippen MR) is 90.2 cm³/mol. The van der Waals surface area contributed by atoms with Gasteiger partial charge in [-0.1, -0.05) is 6.42 Å². The fourth-order valence-corrected chi connectivity index (χ4v) is 3.64. The summed E-state index contributed by atoms with van der Waals surface area (Å²) in [5.74, 6) is 2.61. The summed E-state index contributed by atoms with van der Waals surface area (Å²) in [7, 11) is 0. The van der Waals surface area contributed by atoms with Gasteiger partial charge in [-0.15, -0.1) is 0 Å². The van der Waals surface area contributed by atoms with Crippen LogP contribution in [-0.4, -0.2) is 43.8 Å². The number of aromatic amines is 1. The Morgan fingerprint density at radius 2 is 2.00 bits per heavy atom. The summed E-state index contributed by atoms with van der Waals surface area (Å²) >= 11 is 0. The summed E-state index contributed by atoms with van der Waals surface area (Å²) in [4.78, 5) is 31.0. The lowest BCUT2D eigenvalue weighted by Gasteiger charge is -2.36. The van der Waals surface area contributed by atoms with Crippen LogP contribution in [0.1, 0.15) is 49.5 Å². The number of amides is 1. The van der Waals surface area contributed by atoms with E-state index in [1.165, 1.54) is 6.42 Å². The molecule has 6 nitrogen and oxygen atoms in total. The number of likely N-dealkylation sites (tertiary alicyclic amines) is 1. The van der Waals surface area contributed by atoms with Gasteiger partial charge in [0.05, 0.1) is 0 Å². The third-order valence-corrected chi connectivity index (χ3v) is 5.28. The molecule has 1 aliphatic carbocycles. The molecule has 0 bridgehead atoms. The number of rotatable bonds is 3. The van der Waals surface area contributed by atoms with E-state index in [9.17, 15) is 4.79 Å². The molecular weight excluding hydrogens is 302 g/mol. The number of aryl methyl sites for hydroxylation is 1. The first-order chi connectivity index (χ1) is 11.7. The highest BCUT2D eigenvalue weighted by Crippen LogP contribution is 2.32. The van der Waals surface area contributed by atoms with E-state index in [0.717, 1.165) is 61.8 Å². The number of carbonyl (C=O) groups excluding carboxylic acids is 1. The van der Waals surface area contributed by atoms with Gasteiger partial charge in [-0.3, -0.25) is 4.79 Å². The molecule has 24 heavy (non-hydrogen) atoms. The first-order valence-electron chi connectivity index (χ1n) is 8.85. The lowest BCUT2D eigenvalue weighted by atomic mass is 9.83. The summed E-state index contributed by atoms with van der Waals surface area (Å²) in [6.07, 6.45) is 8.86. The zero-order chi connectivity index (χ0) is 16.5. The molecule has 0 spiro atoms. The molecule has 126 valence electrons. The number of imidazole rings is 1. The number of hydrogen-bond donors (Lipinski definition) is 1. The third-order valence-electron chi connectivity index (χ3n) is 5.28. The van der Waals surface area contributed by atoms with E-state index in [2.05, 4.69) is 24.8 Å². The number of carbonyl (C=O) groups is 1. The van der Waals surface area contributed by atoms with Gasteiger partial charge in [0.1, 0.15) is 11.5 Å². The highest BCUT2D eigenvalue weighted by molar-refractivity contribution is 5.79. The molecule has 2 aromatic heterocycles. The Morgan fingerprint density at radius 3 is 2.62 bits per heavy atom. The number of nitrogens with zero attached hydrogens (tertiary/aromatic N) is 4. The fraction of sp³-hybridized carbons (Fsp3) is 0.556. The normalized spacial score (nSPS) is 19.3. The standard InChI is InChI=1S/C18H23N5O/c1-12-21-15(11-16(22-12)17-19-7-8-20-17)13-5-9-23(10-6-13)18(24)14-3-2-4-14/h7-8,11,13-14H,2-6,9-10H2,1H3,(H,19,20). The van der Waals surface area contributed by atoms with E-state index in [0.29, 0.717) is 17.7 Å². The van der Waals surface area contributed by atoms with Crippen LogP contribution in [-0.2, 0) is 4.79 Å². The molecular formula is C18H23N5O. The second kappa shape index (κ2) is 6.34. The monoisotopic (exact) mass is 325 g/mol. The van der Waals surface area contributed by atoms with E-state index in [1.807, 2.05) is 13.0 Å². The second-order valence-electron chi connectivity index (χ2n) is 6.89. The van der Waals surface area contributed by atoms with Gasteiger partial charge in [0.2, 0.25) is 5.91 Å². The smallest absolute Gasteiger partial charge is 0.225 e. The zero-order valence-electron chi connectivity index (χ0n) is 14.0. The van der Waals surface area contributed by atoms with Crippen LogP contribution >= 0.6 is 0 Å². The lowest BCUT2D eigenvalue weighted by molar-refractivity contribution is -0.139. The molecule has 0 unspecified atom stereocenters. The van der Waals surface area contributed by atoms with Gasteiger partial charge in [-0.2, -0.15) is 0 Å². The van der Waals surface area contributed by atoms with Crippen molar-refractivity contribution in [1.82, 2.24) is 24.8 Å². The van der Waals surface area contributed by atoms with Crippen LogP contribution in [0.3, 0.4) is 0 Å². The van der Waals surface area contributed by atoms with Crippen LogP contribution in [0, 0.1) is 12.8 Å². The van der Waals surface area contributed by atoms with Crippen LogP contribution in [0.4, 0.5) is 0 Å². The molecule has 1 aliphatic heterocycles. The van der Waals surface area contributed by atoms with Crippen molar-refractivity contribution in [1.29, 1.82) is 0 Å². The molecule has 1 saturated carbocycles. The quantitative estimate of drug-likeness (QED) is 0.941. The van der Waals surface area contributed by atoms with Gasteiger partial charge < -0.3 is 9.88 Å². The van der Waals surface area contributed by atoms with Gasteiger partial charge in [0.15, 0.2) is 5.82 Å². The van der Waals surface area contributed by atoms with Crippen LogP contribution in [0.2, 0.25) is 0 Å². The molecule has 0 atom stereocenters. The van der Waals surface area contributed by atoms with E-state index in [-0.39, 0.29) is 0 Å². The summed E-state index contributed by atoms with van der Waals surface area (Å²) in [6.45, 7) is 3.61. The van der Waals surface area contributed by atoms with Gasteiger partial charge in [-0.25, -0.2) is 15.0 Å². The van der Waals surface area contributed by atoms with E-state index >= 15 is 0 Å². The van der Waals surface area contributed by atoms with Crippen molar-refractivity contribution < 1.29 is 4.79 Å². The summed E-state index contributed by atoms with van der Waals surface area (Å²) in [5.41, 5.74) is 1.92. The average molecular weight is 325 g/mol. The number of aromatic nitrogens is 4. The van der Waals surface area contributed by atoms with E-state index in [1.54, 1.807) is 12.4 Å². The highest BCUT2D eigenvalue weighted by atomic mass is 16.2. The van der Waals surface area contributed by atoms with Crippen molar-refractivity contribution in [3.63, 3.8) is 0 Å². The Bertz CT molecular complexity index is 715.